The van der Waals surface area contributed by atoms with Crippen molar-refractivity contribution in [2.24, 2.45) is 10.6 Å². The van der Waals surface area contributed by atoms with Crippen molar-refractivity contribution in [3.63, 3.8) is 0 Å². The SMILES string of the molecule is CC(C)c1cccc(C23CCC(C(=O)N=O)(CC2)CC3)c1. The molecule has 0 saturated heterocycles. The second kappa shape index (κ2) is 5.04. The van der Waals surface area contributed by atoms with Crippen LogP contribution in [0.15, 0.2) is 29.4 Å². The van der Waals surface area contributed by atoms with Gasteiger partial charge >= 0.3 is 0 Å². The molecule has 0 aromatic heterocycles. The number of amides is 1. The largest absolute Gasteiger partial charge is 0.292 e. The summed E-state index contributed by atoms with van der Waals surface area (Å²) in [6, 6.07) is 8.95. The van der Waals surface area contributed by atoms with Gasteiger partial charge in [0, 0.05) is 5.18 Å². The number of hydrogen-bond acceptors (Lipinski definition) is 2. The van der Waals surface area contributed by atoms with Crippen molar-refractivity contribution in [3.05, 3.63) is 40.3 Å². The molecule has 1 aromatic rings. The highest BCUT2D eigenvalue weighted by Gasteiger charge is 2.53. The van der Waals surface area contributed by atoms with E-state index in [9.17, 15) is 9.70 Å². The maximum Gasteiger partial charge on any atom is 0.292 e. The fourth-order valence-electron chi connectivity index (χ4n) is 4.26. The zero-order chi connectivity index (χ0) is 15.1. The van der Waals surface area contributed by atoms with Gasteiger partial charge in [-0.1, -0.05) is 38.1 Å². The predicted molar refractivity (Wildman–Crippen MR) is 83.1 cm³/mol. The number of hydrogen-bond donors (Lipinski definition) is 0. The number of carbonyl (C=O) groups is 1. The van der Waals surface area contributed by atoms with E-state index in [1.807, 2.05) is 0 Å². The summed E-state index contributed by atoms with van der Waals surface area (Å²) in [4.78, 5) is 22.5. The van der Waals surface area contributed by atoms with Crippen LogP contribution >= 0.6 is 0 Å². The molecule has 21 heavy (non-hydrogen) atoms. The molecular weight excluding hydrogens is 262 g/mol. The molecule has 3 fully saturated rings. The Balaban J connectivity index is 1.88. The van der Waals surface area contributed by atoms with Crippen molar-refractivity contribution in [3.8, 4) is 0 Å². The average Bonchev–Trinajstić information content (AvgIpc) is 2.56. The zero-order valence-corrected chi connectivity index (χ0v) is 12.9. The Kier molecular flexibility index (Phi) is 3.46. The summed E-state index contributed by atoms with van der Waals surface area (Å²) < 4.78 is 0. The first-order chi connectivity index (χ1) is 10.0. The lowest BCUT2D eigenvalue weighted by molar-refractivity contribution is -0.134. The third kappa shape index (κ3) is 2.23. The Labute approximate surface area is 126 Å². The highest BCUT2D eigenvalue weighted by Crippen LogP contribution is 2.58. The van der Waals surface area contributed by atoms with Crippen LogP contribution in [0.25, 0.3) is 0 Å². The van der Waals surface area contributed by atoms with E-state index in [-0.39, 0.29) is 5.41 Å². The fourth-order valence-corrected chi connectivity index (χ4v) is 4.26. The molecule has 0 aliphatic heterocycles. The lowest BCUT2D eigenvalue weighted by Crippen LogP contribution is -2.47. The second-order valence-corrected chi connectivity index (χ2v) is 7.24. The molecule has 0 unspecified atom stereocenters. The first-order valence-corrected chi connectivity index (χ1v) is 8.00. The maximum atomic E-state index is 11.8. The van der Waals surface area contributed by atoms with E-state index in [2.05, 4.69) is 43.3 Å². The Bertz CT molecular complexity index is 552. The number of rotatable bonds is 3. The summed E-state index contributed by atoms with van der Waals surface area (Å²) in [5.74, 6) is 0.125. The van der Waals surface area contributed by atoms with E-state index in [0.29, 0.717) is 5.92 Å². The van der Waals surface area contributed by atoms with E-state index in [1.54, 1.807) is 0 Å². The van der Waals surface area contributed by atoms with Crippen molar-refractivity contribution in [2.75, 3.05) is 0 Å². The number of fused-ring (bicyclic) bond motifs is 3. The molecule has 0 spiro atoms. The van der Waals surface area contributed by atoms with E-state index in [0.717, 1.165) is 38.5 Å². The van der Waals surface area contributed by atoms with Crippen molar-refractivity contribution < 1.29 is 4.79 Å². The number of carbonyl (C=O) groups excluding carboxylic acids is 1. The van der Waals surface area contributed by atoms with Gasteiger partial charge in [0.25, 0.3) is 5.91 Å². The summed E-state index contributed by atoms with van der Waals surface area (Å²) in [7, 11) is 0. The van der Waals surface area contributed by atoms with E-state index in [1.165, 1.54) is 11.1 Å². The van der Waals surface area contributed by atoms with Gasteiger partial charge < -0.3 is 0 Å². The van der Waals surface area contributed by atoms with Gasteiger partial charge in [0.1, 0.15) is 0 Å². The molecule has 2 bridgehead atoms. The summed E-state index contributed by atoms with van der Waals surface area (Å²) in [5.41, 5.74) is 2.60. The standard InChI is InChI=1S/C18H23NO2/c1-13(2)14-4-3-5-15(12-14)17-6-9-18(10-7-17,11-8-17)16(20)19-21/h3-5,12-13H,6-11H2,1-2H3. The minimum absolute atomic E-state index is 0.218. The normalized spacial score (nSPS) is 31.4. The van der Waals surface area contributed by atoms with Gasteiger partial charge in [0.2, 0.25) is 0 Å². The minimum atomic E-state index is -0.431. The molecule has 112 valence electrons. The molecule has 0 N–H and O–H groups in total. The van der Waals surface area contributed by atoms with Crippen LogP contribution in [-0.4, -0.2) is 5.91 Å². The van der Waals surface area contributed by atoms with E-state index >= 15 is 0 Å². The predicted octanol–water partition coefficient (Wildman–Crippen LogP) is 4.70. The quantitative estimate of drug-likeness (QED) is 0.756. The van der Waals surface area contributed by atoms with Gasteiger partial charge in [-0.25, -0.2) is 0 Å². The van der Waals surface area contributed by atoms with E-state index < -0.39 is 11.3 Å². The zero-order valence-electron chi connectivity index (χ0n) is 12.9. The number of nitroso groups, excluding NO2 is 1. The van der Waals surface area contributed by atoms with Crippen LogP contribution in [0.3, 0.4) is 0 Å². The van der Waals surface area contributed by atoms with Gasteiger partial charge in [0.05, 0.1) is 5.41 Å². The average molecular weight is 285 g/mol. The summed E-state index contributed by atoms with van der Waals surface area (Å²) in [6.07, 6.45) is 5.50. The van der Waals surface area contributed by atoms with Crippen LogP contribution in [0.4, 0.5) is 0 Å². The Morgan fingerprint density at radius 1 is 1.10 bits per heavy atom. The van der Waals surface area contributed by atoms with Gasteiger partial charge in [-0.3, -0.25) is 4.79 Å². The Hall–Kier alpha value is -1.51. The number of benzene rings is 1. The molecule has 3 nitrogen and oxygen atoms in total. The van der Waals surface area contributed by atoms with Crippen molar-refractivity contribution in [1.82, 2.24) is 0 Å². The molecule has 3 aliphatic rings. The molecule has 0 radical (unpaired) electrons. The molecule has 3 saturated carbocycles. The van der Waals surface area contributed by atoms with Crippen LogP contribution < -0.4 is 0 Å². The van der Waals surface area contributed by atoms with Gasteiger partial charge in [-0.05, 0) is 61.0 Å². The molecule has 1 aromatic carbocycles. The third-order valence-electron chi connectivity index (χ3n) is 5.95. The smallest absolute Gasteiger partial charge is 0.268 e. The topological polar surface area (TPSA) is 46.5 Å². The fraction of sp³-hybridized carbons (Fsp3) is 0.611. The summed E-state index contributed by atoms with van der Waals surface area (Å²) >= 11 is 0. The summed E-state index contributed by atoms with van der Waals surface area (Å²) in [5, 5.41) is 2.72. The summed E-state index contributed by atoms with van der Waals surface area (Å²) in [6.45, 7) is 4.44. The van der Waals surface area contributed by atoms with Gasteiger partial charge in [-0.15, -0.1) is 4.91 Å². The first kappa shape index (κ1) is 14.4. The number of nitrogens with zero attached hydrogens (tertiary/aromatic N) is 1. The van der Waals surface area contributed by atoms with Crippen LogP contribution in [-0.2, 0) is 10.2 Å². The molecule has 3 heteroatoms. The highest BCUT2D eigenvalue weighted by atomic mass is 16.3. The molecule has 4 rings (SSSR count). The first-order valence-electron chi connectivity index (χ1n) is 8.00. The van der Waals surface area contributed by atoms with Crippen molar-refractivity contribution in [1.29, 1.82) is 0 Å². The minimum Gasteiger partial charge on any atom is -0.268 e. The van der Waals surface area contributed by atoms with E-state index in [4.69, 9.17) is 0 Å². The lowest BCUT2D eigenvalue weighted by atomic mass is 9.51. The van der Waals surface area contributed by atoms with Crippen molar-refractivity contribution >= 4 is 5.91 Å². The molecule has 1 amide bonds. The second-order valence-electron chi connectivity index (χ2n) is 7.24. The lowest BCUT2D eigenvalue weighted by Gasteiger charge is -2.52. The molecule has 0 atom stereocenters. The van der Waals surface area contributed by atoms with Gasteiger partial charge in [-0.2, -0.15) is 0 Å². The Morgan fingerprint density at radius 3 is 2.24 bits per heavy atom. The Morgan fingerprint density at radius 2 is 1.71 bits per heavy atom. The molecule has 0 heterocycles. The molecule has 3 aliphatic carbocycles. The highest BCUT2D eigenvalue weighted by molar-refractivity contribution is 5.83. The third-order valence-corrected chi connectivity index (χ3v) is 5.95. The maximum absolute atomic E-state index is 11.8. The van der Waals surface area contributed by atoms with Crippen molar-refractivity contribution in [2.45, 2.75) is 63.7 Å². The van der Waals surface area contributed by atoms with Crippen LogP contribution in [0.5, 0.6) is 0 Å². The van der Waals surface area contributed by atoms with Crippen LogP contribution in [0, 0.1) is 10.3 Å². The molecular formula is C18H23NO2. The van der Waals surface area contributed by atoms with Crippen LogP contribution in [0.2, 0.25) is 0 Å². The monoisotopic (exact) mass is 285 g/mol. The van der Waals surface area contributed by atoms with Crippen LogP contribution in [0.1, 0.15) is 69.4 Å². The van der Waals surface area contributed by atoms with Gasteiger partial charge in [0.15, 0.2) is 0 Å².